The molecule has 1 aromatic carbocycles. The van der Waals surface area contributed by atoms with Gasteiger partial charge in [-0.3, -0.25) is 23.3 Å². The minimum atomic E-state index is -2.90. The van der Waals surface area contributed by atoms with E-state index in [0.717, 1.165) is 11.8 Å². The van der Waals surface area contributed by atoms with Crippen molar-refractivity contribution in [1.29, 1.82) is 0 Å². The van der Waals surface area contributed by atoms with Crippen molar-refractivity contribution in [2.75, 3.05) is 13.7 Å². The van der Waals surface area contributed by atoms with Crippen LogP contribution in [0.3, 0.4) is 0 Å². The highest BCUT2D eigenvalue weighted by atomic mass is 32.2. The van der Waals surface area contributed by atoms with E-state index in [0.29, 0.717) is 30.4 Å². The van der Waals surface area contributed by atoms with Crippen LogP contribution >= 0.6 is 0 Å². The fraction of sp³-hybridized carbons (Fsp3) is 0.583. The number of allylic oxidation sites excluding steroid dienone is 1. The van der Waals surface area contributed by atoms with E-state index in [1.54, 1.807) is 40.1 Å². The number of hydrogen-bond donors (Lipinski definition) is 3. The number of carbonyl (C=O) groups excluding carboxylic acids is 4. The molecular weight excluding hydrogens is 678 g/mol. The number of nitrogens with one attached hydrogen (secondary N) is 3. The van der Waals surface area contributed by atoms with Crippen LogP contribution in [-0.4, -0.2) is 85.4 Å². The Bertz CT molecular complexity index is 1700. The fourth-order valence-electron chi connectivity index (χ4n) is 7.22. The topological polar surface area (TPSA) is 188 Å². The summed E-state index contributed by atoms with van der Waals surface area (Å²) in [6, 6.07) is 5.11. The normalized spacial score (nSPS) is 29.0. The molecule has 1 saturated heterocycles. The molecule has 1 saturated carbocycles. The van der Waals surface area contributed by atoms with Gasteiger partial charge in [0.05, 0.1) is 13.7 Å². The standard InChI is InChI=1S/C36H49N5O9S/c1-7-22-17-21(2)11-8-9-12-23-19-36(23,33(44)40-51(46)47)39-30(42)27-18-24(20-41(27)32(43)29(22)38-34(45)50-35(3,4)5)49-31-26-13-10-14-28(48-6)25(26)15-16-37-31/h9-10,12-16,21-24,27,29H,7-8,11,17-20H2,1-6H3,(H,38,45)(H,39,42)(H,40,44)(H,46,47)/p-1. The molecule has 51 heavy (non-hydrogen) atoms. The van der Waals surface area contributed by atoms with Gasteiger partial charge in [0.2, 0.25) is 17.7 Å². The highest BCUT2D eigenvalue weighted by Gasteiger charge is 2.61. The molecule has 3 N–H and O–H groups in total. The van der Waals surface area contributed by atoms with Gasteiger partial charge in [-0.1, -0.05) is 38.5 Å². The molecule has 14 nitrogen and oxygen atoms in total. The first-order valence-electron chi connectivity index (χ1n) is 17.4. The minimum absolute atomic E-state index is 0.0233. The Morgan fingerprint density at radius 3 is 2.63 bits per heavy atom. The Kier molecular flexibility index (Phi) is 11.6. The van der Waals surface area contributed by atoms with Gasteiger partial charge >= 0.3 is 6.09 Å². The van der Waals surface area contributed by atoms with Crippen molar-refractivity contribution < 1.29 is 42.2 Å². The molecule has 0 radical (unpaired) electrons. The van der Waals surface area contributed by atoms with Gasteiger partial charge in [0.15, 0.2) is 0 Å². The van der Waals surface area contributed by atoms with Crippen molar-refractivity contribution in [2.24, 2.45) is 17.8 Å². The van der Waals surface area contributed by atoms with E-state index >= 15 is 0 Å². The first kappa shape index (κ1) is 38.0. The van der Waals surface area contributed by atoms with Crippen molar-refractivity contribution in [1.82, 2.24) is 25.2 Å². The molecule has 2 aliphatic heterocycles. The van der Waals surface area contributed by atoms with Crippen molar-refractivity contribution in [3.05, 3.63) is 42.6 Å². The van der Waals surface area contributed by atoms with E-state index in [1.165, 1.54) is 4.90 Å². The molecule has 8 unspecified atom stereocenters. The number of aromatic nitrogens is 1. The highest BCUT2D eigenvalue weighted by molar-refractivity contribution is 7.77. The Morgan fingerprint density at radius 1 is 1.18 bits per heavy atom. The second-order valence-corrected chi connectivity index (χ2v) is 15.4. The smallest absolute Gasteiger partial charge is 0.408 e. The molecule has 1 aromatic heterocycles. The number of nitrogens with zero attached hydrogens (tertiary/aromatic N) is 2. The third kappa shape index (κ3) is 8.80. The number of ether oxygens (including phenoxy) is 3. The Balaban J connectivity index is 1.53. The van der Waals surface area contributed by atoms with Crippen LogP contribution in [0.4, 0.5) is 4.79 Å². The molecule has 3 aliphatic rings. The average molecular weight is 727 g/mol. The van der Waals surface area contributed by atoms with Crippen molar-refractivity contribution in [2.45, 2.75) is 102 Å². The summed E-state index contributed by atoms with van der Waals surface area (Å²) in [4.78, 5) is 61.3. The zero-order valence-corrected chi connectivity index (χ0v) is 30.7. The number of fused-ring (bicyclic) bond motifs is 3. The van der Waals surface area contributed by atoms with Crippen LogP contribution in [0.1, 0.15) is 73.1 Å². The summed E-state index contributed by atoms with van der Waals surface area (Å²) in [6.07, 6.45) is 6.77. The predicted molar refractivity (Wildman–Crippen MR) is 188 cm³/mol. The minimum Gasteiger partial charge on any atom is -0.755 e. The Hall–Kier alpha value is -4.24. The van der Waals surface area contributed by atoms with Crippen LogP contribution in [-0.2, 0) is 30.4 Å². The highest BCUT2D eigenvalue weighted by Crippen LogP contribution is 2.46. The van der Waals surface area contributed by atoms with E-state index in [9.17, 15) is 27.9 Å². The maximum Gasteiger partial charge on any atom is 0.408 e. The van der Waals surface area contributed by atoms with E-state index in [2.05, 4.69) is 22.5 Å². The van der Waals surface area contributed by atoms with Crippen LogP contribution in [0.2, 0.25) is 0 Å². The lowest BCUT2D eigenvalue weighted by Gasteiger charge is -2.34. The largest absolute Gasteiger partial charge is 0.755 e. The maximum absolute atomic E-state index is 14.7. The molecule has 3 heterocycles. The number of alkyl carbamates (subject to hydrolysis) is 1. The van der Waals surface area contributed by atoms with E-state index in [-0.39, 0.29) is 37.1 Å². The van der Waals surface area contributed by atoms with E-state index in [1.807, 2.05) is 42.0 Å². The van der Waals surface area contributed by atoms with E-state index in [4.69, 9.17) is 14.2 Å². The maximum atomic E-state index is 14.7. The number of carbonyl (C=O) groups is 4. The average Bonchev–Trinajstić information content (AvgIpc) is 3.59. The van der Waals surface area contributed by atoms with Gasteiger partial charge < -0.3 is 34.3 Å². The number of pyridine rings is 1. The SMILES string of the molecule is CCC1CC(C)CCC=CC2CC2(C(=O)NS(=O)[O-])NC(=O)C2CC(Oc3nccc4c(OC)cccc34)CN2C(=O)C1NC(=O)OC(C)(C)C. The van der Waals surface area contributed by atoms with Crippen LogP contribution in [0, 0.1) is 17.8 Å². The zero-order valence-electron chi connectivity index (χ0n) is 29.9. The molecule has 0 bridgehead atoms. The summed E-state index contributed by atoms with van der Waals surface area (Å²) in [5, 5.41) is 7.09. The number of benzene rings is 1. The second kappa shape index (κ2) is 15.6. The monoisotopic (exact) mass is 726 g/mol. The Morgan fingerprint density at radius 2 is 1.94 bits per heavy atom. The van der Waals surface area contributed by atoms with Gasteiger partial charge in [-0.15, -0.1) is 0 Å². The molecular formula is C36H48N5O9S-. The molecule has 5 rings (SSSR count). The van der Waals surface area contributed by atoms with Gasteiger partial charge in [-0.2, -0.15) is 0 Å². The number of methoxy groups -OCH3 is 1. The van der Waals surface area contributed by atoms with Crippen LogP contribution < -0.4 is 24.8 Å². The summed E-state index contributed by atoms with van der Waals surface area (Å²) in [6.45, 7) is 9.22. The van der Waals surface area contributed by atoms with Gasteiger partial charge in [-0.25, -0.2) is 9.78 Å². The van der Waals surface area contributed by atoms with Crippen LogP contribution in [0.15, 0.2) is 42.6 Å². The van der Waals surface area contributed by atoms with Gasteiger partial charge in [-0.05, 0) is 76.5 Å². The molecule has 1 aliphatic carbocycles. The lowest BCUT2D eigenvalue weighted by Crippen LogP contribution is -2.59. The number of amides is 4. The van der Waals surface area contributed by atoms with Gasteiger partial charge in [0, 0.05) is 40.6 Å². The molecule has 4 amide bonds. The van der Waals surface area contributed by atoms with Crippen molar-refractivity contribution >= 4 is 45.9 Å². The Labute approximate surface area is 300 Å². The first-order valence-corrected chi connectivity index (χ1v) is 18.5. The van der Waals surface area contributed by atoms with Gasteiger partial charge in [0.25, 0.3) is 5.91 Å². The third-order valence-corrected chi connectivity index (χ3v) is 10.2. The molecule has 2 aromatic rings. The first-order chi connectivity index (χ1) is 24.2. The lowest BCUT2D eigenvalue weighted by molar-refractivity contribution is -0.142. The quantitative estimate of drug-likeness (QED) is 0.281. The van der Waals surface area contributed by atoms with Crippen LogP contribution in [0.5, 0.6) is 11.6 Å². The van der Waals surface area contributed by atoms with Crippen molar-refractivity contribution in [3.8, 4) is 11.6 Å². The summed E-state index contributed by atoms with van der Waals surface area (Å²) in [5.74, 6) is -1.64. The third-order valence-electron chi connectivity index (χ3n) is 9.85. The summed E-state index contributed by atoms with van der Waals surface area (Å²) in [7, 11) is 1.57. The lowest BCUT2D eigenvalue weighted by atomic mass is 9.85. The van der Waals surface area contributed by atoms with E-state index < -0.39 is 70.3 Å². The molecule has 0 spiro atoms. The predicted octanol–water partition coefficient (Wildman–Crippen LogP) is 3.67. The number of hydrogen-bond acceptors (Lipinski definition) is 10. The second-order valence-electron chi connectivity index (χ2n) is 14.7. The number of rotatable bonds is 7. The fourth-order valence-corrected chi connectivity index (χ4v) is 7.55. The summed E-state index contributed by atoms with van der Waals surface area (Å²) >= 11 is -2.90. The van der Waals surface area contributed by atoms with Crippen molar-refractivity contribution in [3.63, 3.8) is 0 Å². The summed E-state index contributed by atoms with van der Waals surface area (Å²) < 4.78 is 42.4. The summed E-state index contributed by atoms with van der Waals surface area (Å²) in [5.41, 5.74) is -2.33. The zero-order chi connectivity index (χ0) is 37.1. The molecule has 2 fully saturated rings. The molecule has 15 heteroatoms. The van der Waals surface area contributed by atoms with Crippen LogP contribution in [0.25, 0.3) is 10.8 Å². The molecule has 8 atom stereocenters. The van der Waals surface area contributed by atoms with Gasteiger partial charge in [0.1, 0.15) is 35.1 Å². The molecule has 278 valence electrons.